The van der Waals surface area contributed by atoms with Crippen molar-refractivity contribution >= 4 is 45.8 Å². The van der Waals surface area contributed by atoms with Gasteiger partial charge in [0.2, 0.25) is 5.91 Å². The number of nitrogens with one attached hydrogen (secondary N) is 1. The van der Waals surface area contributed by atoms with Gasteiger partial charge < -0.3 is 11.1 Å². The number of benzene rings is 1. The maximum absolute atomic E-state index is 13.8. The van der Waals surface area contributed by atoms with Crippen molar-refractivity contribution in [1.29, 1.82) is 0 Å². The van der Waals surface area contributed by atoms with Crippen molar-refractivity contribution in [2.75, 3.05) is 5.32 Å². The van der Waals surface area contributed by atoms with Gasteiger partial charge in [-0.1, -0.05) is 24.1 Å². The molecule has 2 aromatic rings. The number of carbonyl (C=O) groups is 2. The van der Waals surface area contributed by atoms with Gasteiger partial charge in [0.05, 0.1) is 10.6 Å². The summed E-state index contributed by atoms with van der Waals surface area (Å²) in [5, 5.41) is 3.38. The molecule has 1 heterocycles. The molecule has 0 aliphatic heterocycles. The summed E-state index contributed by atoms with van der Waals surface area (Å²) in [5.41, 5.74) is 7.04. The second-order valence-electron chi connectivity index (χ2n) is 6.09. The van der Waals surface area contributed by atoms with Gasteiger partial charge in [-0.15, -0.1) is 11.3 Å². The average molecular weight is 393 g/mol. The number of primary amides is 1. The molecule has 1 aromatic heterocycles. The standard InChI is InChI=1S/C19H18ClFN2O2S/c20-13-6-4-7-14(21)11(13)9-10-16(24)23-19-17(18(22)25)12-5-2-1-3-8-15(12)26-19/h4,6-7,9-10H,1-3,5,8H2,(H2,22,25)(H,23,24)/b10-9+. The summed E-state index contributed by atoms with van der Waals surface area (Å²) in [5.74, 6) is -1.52. The molecule has 0 saturated heterocycles. The molecule has 26 heavy (non-hydrogen) atoms. The van der Waals surface area contributed by atoms with Crippen molar-refractivity contribution in [3.8, 4) is 0 Å². The van der Waals surface area contributed by atoms with Crippen LogP contribution in [0.1, 0.15) is 45.6 Å². The second-order valence-corrected chi connectivity index (χ2v) is 7.60. The van der Waals surface area contributed by atoms with Crippen LogP contribution in [-0.4, -0.2) is 11.8 Å². The first-order valence-corrected chi connectivity index (χ1v) is 9.54. The first kappa shape index (κ1) is 18.6. The molecule has 4 nitrogen and oxygen atoms in total. The van der Waals surface area contributed by atoms with E-state index in [9.17, 15) is 14.0 Å². The molecule has 0 radical (unpaired) electrons. The summed E-state index contributed by atoms with van der Waals surface area (Å²) in [7, 11) is 0. The van der Waals surface area contributed by atoms with Gasteiger partial charge in [0.1, 0.15) is 10.8 Å². The van der Waals surface area contributed by atoms with Crippen LogP contribution in [0.3, 0.4) is 0 Å². The predicted octanol–water partition coefficient (Wildman–Crippen LogP) is 4.56. The molecule has 1 aliphatic rings. The zero-order valence-electron chi connectivity index (χ0n) is 14.0. The minimum Gasteiger partial charge on any atom is -0.365 e. The second kappa shape index (κ2) is 8.01. The number of hydrogen-bond acceptors (Lipinski definition) is 3. The van der Waals surface area contributed by atoms with Crippen LogP contribution in [-0.2, 0) is 17.6 Å². The molecule has 0 spiro atoms. The van der Waals surface area contributed by atoms with E-state index in [2.05, 4.69) is 5.32 Å². The van der Waals surface area contributed by atoms with Crippen LogP contribution < -0.4 is 11.1 Å². The Hall–Kier alpha value is -2.18. The topological polar surface area (TPSA) is 72.2 Å². The number of nitrogens with two attached hydrogens (primary N) is 1. The van der Waals surface area contributed by atoms with Crippen LogP contribution in [0.4, 0.5) is 9.39 Å². The Morgan fingerprint density at radius 2 is 2.00 bits per heavy atom. The summed E-state index contributed by atoms with van der Waals surface area (Å²) in [6.07, 6.45) is 7.37. The number of carbonyl (C=O) groups excluding carboxylic acids is 2. The van der Waals surface area contributed by atoms with E-state index in [0.29, 0.717) is 10.6 Å². The molecule has 0 fully saturated rings. The van der Waals surface area contributed by atoms with Crippen LogP contribution in [0, 0.1) is 5.82 Å². The van der Waals surface area contributed by atoms with E-state index < -0.39 is 17.6 Å². The summed E-state index contributed by atoms with van der Waals surface area (Å²) in [4.78, 5) is 25.3. The van der Waals surface area contributed by atoms with Gasteiger partial charge in [-0.2, -0.15) is 0 Å². The average Bonchev–Trinajstić information content (AvgIpc) is 2.75. The van der Waals surface area contributed by atoms with Crippen LogP contribution >= 0.6 is 22.9 Å². The third-order valence-electron chi connectivity index (χ3n) is 4.31. The van der Waals surface area contributed by atoms with Crippen molar-refractivity contribution in [3.05, 3.63) is 56.7 Å². The lowest BCUT2D eigenvalue weighted by molar-refractivity contribution is -0.111. The van der Waals surface area contributed by atoms with Gasteiger partial charge in [-0.05, 0) is 49.5 Å². The molecule has 1 aromatic carbocycles. The third kappa shape index (κ3) is 3.97. The van der Waals surface area contributed by atoms with E-state index in [1.807, 2.05) is 0 Å². The molecular formula is C19H18ClFN2O2S. The zero-order valence-corrected chi connectivity index (χ0v) is 15.6. The van der Waals surface area contributed by atoms with Crippen molar-refractivity contribution in [2.24, 2.45) is 5.73 Å². The van der Waals surface area contributed by atoms with Crippen molar-refractivity contribution in [2.45, 2.75) is 32.1 Å². The van der Waals surface area contributed by atoms with Gasteiger partial charge in [-0.3, -0.25) is 9.59 Å². The van der Waals surface area contributed by atoms with E-state index in [-0.39, 0.29) is 10.6 Å². The van der Waals surface area contributed by atoms with E-state index in [0.717, 1.165) is 42.5 Å². The van der Waals surface area contributed by atoms with E-state index in [1.54, 1.807) is 6.07 Å². The third-order valence-corrected chi connectivity index (χ3v) is 5.84. The Labute approximate surface area is 159 Å². The number of rotatable bonds is 4. The molecule has 3 rings (SSSR count). The first-order valence-electron chi connectivity index (χ1n) is 8.34. The van der Waals surface area contributed by atoms with Gasteiger partial charge in [0, 0.05) is 16.5 Å². The molecule has 7 heteroatoms. The molecule has 0 unspecified atom stereocenters. The van der Waals surface area contributed by atoms with Crippen LogP contribution in [0.15, 0.2) is 24.3 Å². The summed E-state index contributed by atoms with van der Waals surface area (Å²) >= 11 is 7.34. The number of aryl methyl sites for hydroxylation is 1. The highest BCUT2D eigenvalue weighted by atomic mass is 35.5. The number of thiophene rings is 1. The van der Waals surface area contributed by atoms with E-state index in [4.69, 9.17) is 17.3 Å². The lowest BCUT2D eigenvalue weighted by Crippen LogP contribution is -2.17. The molecule has 2 amide bonds. The normalized spacial score (nSPS) is 14.1. The van der Waals surface area contributed by atoms with Crippen LogP contribution in [0.25, 0.3) is 6.08 Å². The number of fused-ring (bicyclic) bond motifs is 1. The maximum atomic E-state index is 13.8. The largest absolute Gasteiger partial charge is 0.365 e. The highest BCUT2D eigenvalue weighted by Gasteiger charge is 2.23. The smallest absolute Gasteiger partial charge is 0.251 e. The molecule has 1 aliphatic carbocycles. The molecule has 0 atom stereocenters. The minimum absolute atomic E-state index is 0.140. The van der Waals surface area contributed by atoms with Gasteiger partial charge in [-0.25, -0.2) is 4.39 Å². The maximum Gasteiger partial charge on any atom is 0.251 e. The predicted molar refractivity (Wildman–Crippen MR) is 103 cm³/mol. The van der Waals surface area contributed by atoms with Gasteiger partial charge >= 0.3 is 0 Å². The fourth-order valence-electron chi connectivity index (χ4n) is 3.07. The fourth-order valence-corrected chi connectivity index (χ4v) is 4.60. The molecule has 136 valence electrons. The Morgan fingerprint density at radius 3 is 2.73 bits per heavy atom. The van der Waals surface area contributed by atoms with Gasteiger partial charge in [0.25, 0.3) is 5.91 Å². The first-order chi connectivity index (χ1) is 12.5. The number of hydrogen-bond donors (Lipinski definition) is 2. The van der Waals surface area contributed by atoms with Crippen molar-refractivity contribution in [3.63, 3.8) is 0 Å². The highest BCUT2D eigenvalue weighted by molar-refractivity contribution is 7.17. The number of halogens is 2. The van der Waals surface area contributed by atoms with Crippen molar-refractivity contribution in [1.82, 2.24) is 0 Å². The molecule has 0 saturated carbocycles. The Morgan fingerprint density at radius 1 is 1.23 bits per heavy atom. The number of anilines is 1. The SMILES string of the molecule is NC(=O)c1c(NC(=O)/C=C/c2c(F)cccc2Cl)sc2c1CCCCC2. The Balaban J connectivity index is 1.83. The zero-order chi connectivity index (χ0) is 18.7. The lowest BCUT2D eigenvalue weighted by atomic mass is 10.1. The Kier molecular flexibility index (Phi) is 5.74. The number of amides is 2. The highest BCUT2D eigenvalue weighted by Crippen LogP contribution is 2.37. The fraction of sp³-hybridized carbons (Fsp3) is 0.263. The Bertz CT molecular complexity index is 872. The molecule has 3 N–H and O–H groups in total. The quantitative estimate of drug-likeness (QED) is 0.591. The van der Waals surface area contributed by atoms with Gasteiger partial charge in [0.15, 0.2) is 0 Å². The minimum atomic E-state index is -0.541. The molecule has 0 bridgehead atoms. The summed E-state index contributed by atoms with van der Waals surface area (Å²) in [6, 6.07) is 4.31. The van der Waals surface area contributed by atoms with Crippen LogP contribution in [0.2, 0.25) is 5.02 Å². The summed E-state index contributed by atoms with van der Waals surface area (Å²) in [6.45, 7) is 0. The van der Waals surface area contributed by atoms with Crippen LogP contribution in [0.5, 0.6) is 0 Å². The lowest BCUT2D eigenvalue weighted by Gasteiger charge is -2.04. The van der Waals surface area contributed by atoms with Crippen molar-refractivity contribution < 1.29 is 14.0 Å². The monoisotopic (exact) mass is 392 g/mol. The van der Waals surface area contributed by atoms with E-state index >= 15 is 0 Å². The van der Waals surface area contributed by atoms with E-state index in [1.165, 1.54) is 35.6 Å². The molecular weight excluding hydrogens is 375 g/mol. The summed E-state index contributed by atoms with van der Waals surface area (Å²) < 4.78 is 13.8.